The summed E-state index contributed by atoms with van der Waals surface area (Å²) in [5.74, 6) is 0.507. The average Bonchev–Trinajstić information content (AvgIpc) is 2.59. The lowest BCUT2D eigenvalue weighted by Crippen LogP contribution is -2.38. The number of nitrogens with zero attached hydrogens (tertiary/aromatic N) is 2. The monoisotopic (exact) mass is 343 g/mol. The van der Waals surface area contributed by atoms with Crippen molar-refractivity contribution in [3.05, 3.63) is 58.9 Å². The molecule has 1 aromatic heterocycles. The maximum absolute atomic E-state index is 12.2. The second-order valence-corrected chi connectivity index (χ2v) is 6.72. The molecule has 1 fully saturated rings. The number of piperidine rings is 1. The van der Waals surface area contributed by atoms with Gasteiger partial charge in [-0.2, -0.15) is 0 Å². The van der Waals surface area contributed by atoms with E-state index in [-0.39, 0.29) is 5.91 Å². The fourth-order valence-electron chi connectivity index (χ4n) is 3.08. The SMILES string of the molecule is Cc1ccc(NC(=O)CN2CCC(c3ccccn3)CC2)cc1Cl. The van der Waals surface area contributed by atoms with Crippen LogP contribution in [0.1, 0.15) is 30.0 Å². The molecule has 2 heterocycles. The molecule has 0 unspecified atom stereocenters. The first-order chi connectivity index (χ1) is 11.6. The summed E-state index contributed by atoms with van der Waals surface area (Å²) >= 11 is 6.10. The Labute approximate surface area is 147 Å². The first-order valence-electron chi connectivity index (χ1n) is 8.31. The number of benzene rings is 1. The Morgan fingerprint density at radius 1 is 1.29 bits per heavy atom. The van der Waals surface area contributed by atoms with Crippen LogP contribution in [0.4, 0.5) is 5.69 Å². The van der Waals surface area contributed by atoms with Gasteiger partial charge in [0.1, 0.15) is 0 Å². The van der Waals surface area contributed by atoms with Gasteiger partial charge in [-0.25, -0.2) is 0 Å². The highest BCUT2D eigenvalue weighted by molar-refractivity contribution is 6.31. The van der Waals surface area contributed by atoms with Crippen LogP contribution in [-0.2, 0) is 4.79 Å². The van der Waals surface area contributed by atoms with Gasteiger partial charge in [0, 0.05) is 28.5 Å². The second-order valence-electron chi connectivity index (χ2n) is 6.32. The van der Waals surface area contributed by atoms with Crippen molar-refractivity contribution in [2.75, 3.05) is 25.0 Å². The third kappa shape index (κ3) is 4.34. The molecule has 0 aliphatic carbocycles. The number of hydrogen-bond donors (Lipinski definition) is 1. The van der Waals surface area contributed by atoms with Crippen LogP contribution in [0.25, 0.3) is 0 Å². The lowest BCUT2D eigenvalue weighted by atomic mass is 9.93. The number of amides is 1. The Morgan fingerprint density at radius 3 is 2.75 bits per heavy atom. The van der Waals surface area contributed by atoms with Crippen molar-refractivity contribution in [2.45, 2.75) is 25.7 Å². The first-order valence-corrected chi connectivity index (χ1v) is 8.69. The Balaban J connectivity index is 1.49. The standard InChI is InChI=1S/C19H22ClN3O/c1-14-5-6-16(12-17(14)20)22-19(24)13-23-10-7-15(8-11-23)18-4-2-3-9-21-18/h2-6,9,12,15H,7-8,10-11,13H2,1H3,(H,22,24). The predicted octanol–water partition coefficient (Wildman–Crippen LogP) is 3.86. The molecular weight excluding hydrogens is 322 g/mol. The number of halogens is 1. The van der Waals surface area contributed by atoms with Crippen molar-refractivity contribution in [1.82, 2.24) is 9.88 Å². The summed E-state index contributed by atoms with van der Waals surface area (Å²) in [5, 5.41) is 3.59. The Kier molecular flexibility index (Phi) is 5.48. The van der Waals surface area contributed by atoms with E-state index < -0.39 is 0 Å². The molecule has 1 N–H and O–H groups in total. The summed E-state index contributed by atoms with van der Waals surface area (Å²) in [7, 11) is 0. The topological polar surface area (TPSA) is 45.2 Å². The molecule has 2 aromatic rings. The zero-order valence-electron chi connectivity index (χ0n) is 13.8. The summed E-state index contributed by atoms with van der Waals surface area (Å²) in [4.78, 5) is 18.9. The molecule has 24 heavy (non-hydrogen) atoms. The zero-order chi connectivity index (χ0) is 16.9. The van der Waals surface area contributed by atoms with Gasteiger partial charge in [-0.05, 0) is 62.7 Å². The fraction of sp³-hybridized carbons (Fsp3) is 0.368. The molecule has 1 aliphatic rings. The van der Waals surface area contributed by atoms with Crippen molar-refractivity contribution in [3.63, 3.8) is 0 Å². The highest BCUT2D eigenvalue weighted by atomic mass is 35.5. The van der Waals surface area contributed by atoms with E-state index in [1.807, 2.05) is 37.4 Å². The minimum Gasteiger partial charge on any atom is -0.325 e. The van der Waals surface area contributed by atoms with Crippen LogP contribution in [0, 0.1) is 6.92 Å². The number of rotatable bonds is 4. The number of anilines is 1. The van der Waals surface area contributed by atoms with E-state index in [4.69, 9.17) is 11.6 Å². The first kappa shape index (κ1) is 16.9. The molecule has 0 spiro atoms. The van der Waals surface area contributed by atoms with Gasteiger partial charge in [0.15, 0.2) is 0 Å². The van der Waals surface area contributed by atoms with Crippen LogP contribution in [0.5, 0.6) is 0 Å². The van der Waals surface area contributed by atoms with Gasteiger partial charge < -0.3 is 5.32 Å². The molecular formula is C19H22ClN3O. The molecule has 1 saturated heterocycles. The highest BCUT2D eigenvalue weighted by Crippen LogP contribution is 2.26. The Bertz CT molecular complexity index is 697. The number of likely N-dealkylation sites (tertiary alicyclic amines) is 1. The van der Waals surface area contributed by atoms with Gasteiger partial charge >= 0.3 is 0 Å². The third-order valence-electron chi connectivity index (χ3n) is 4.52. The summed E-state index contributed by atoms with van der Waals surface area (Å²) in [6.07, 6.45) is 3.93. The summed E-state index contributed by atoms with van der Waals surface area (Å²) in [6.45, 7) is 4.20. The van der Waals surface area contributed by atoms with Gasteiger partial charge in [0.2, 0.25) is 5.91 Å². The van der Waals surface area contributed by atoms with Gasteiger partial charge in [0.25, 0.3) is 0 Å². The van der Waals surface area contributed by atoms with Gasteiger partial charge in [-0.15, -0.1) is 0 Å². The maximum Gasteiger partial charge on any atom is 0.238 e. The fourth-order valence-corrected chi connectivity index (χ4v) is 3.26. The van der Waals surface area contributed by atoms with Crippen LogP contribution in [0.2, 0.25) is 5.02 Å². The third-order valence-corrected chi connectivity index (χ3v) is 4.92. The van der Waals surface area contributed by atoms with Crippen LogP contribution >= 0.6 is 11.6 Å². The molecule has 0 atom stereocenters. The molecule has 5 heteroatoms. The van der Waals surface area contributed by atoms with Gasteiger partial charge in [0.05, 0.1) is 6.54 Å². The molecule has 0 radical (unpaired) electrons. The van der Waals surface area contributed by atoms with E-state index in [0.29, 0.717) is 17.5 Å². The minimum atomic E-state index is 0.00575. The number of carbonyl (C=O) groups is 1. The average molecular weight is 344 g/mol. The van der Waals surface area contributed by atoms with Crippen molar-refractivity contribution < 1.29 is 4.79 Å². The van der Waals surface area contributed by atoms with E-state index in [0.717, 1.165) is 42.9 Å². The van der Waals surface area contributed by atoms with Crippen molar-refractivity contribution in [3.8, 4) is 0 Å². The Morgan fingerprint density at radius 2 is 2.08 bits per heavy atom. The van der Waals surface area contributed by atoms with Gasteiger partial charge in [-0.3, -0.25) is 14.7 Å². The molecule has 0 saturated carbocycles. The lowest BCUT2D eigenvalue weighted by molar-refractivity contribution is -0.117. The lowest BCUT2D eigenvalue weighted by Gasteiger charge is -2.31. The zero-order valence-corrected chi connectivity index (χ0v) is 14.6. The highest BCUT2D eigenvalue weighted by Gasteiger charge is 2.22. The van der Waals surface area contributed by atoms with E-state index in [1.54, 1.807) is 6.07 Å². The predicted molar refractivity (Wildman–Crippen MR) is 97.5 cm³/mol. The van der Waals surface area contributed by atoms with Crippen molar-refractivity contribution >= 4 is 23.2 Å². The number of hydrogen-bond acceptors (Lipinski definition) is 3. The van der Waals surface area contributed by atoms with E-state index in [9.17, 15) is 4.79 Å². The normalized spacial score (nSPS) is 16.1. The molecule has 3 rings (SSSR count). The second kappa shape index (κ2) is 7.77. The van der Waals surface area contributed by atoms with Crippen LogP contribution in [0.3, 0.4) is 0 Å². The minimum absolute atomic E-state index is 0.00575. The smallest absolute Gasteiger partial charge is 0.238 e. The van der Waals surface area contributed by atoms with Crippen LogP contribution in [-0.4, -0.2) is 35.4 Å². The number of aromatic nitrogens is 1. The van der Waals surface area contributed by atoms with Crippen LogP contribution < -0.4 is 5.32 Å². The molecule has 1 amide bonds. The molecule has 4 nitrogen and oxygen atoms in total. The maximum atomic E-state index is 12.2. The summed E-state index contributed by atoms with van der Waals surface area (Å²) in [5.41, 5.74) is 2.92. The molecule has 0 bridgehead atoms. The van der Waals surface area contributed by atoms with E-state index >= 15 is 0 Å². The van der Waals surface area contributed by atoms with Crippen LogP contribution in [0.15, 0.2) is 42.6 Å². The van der Waals surface area contributed by atoms with E-state index in [1.165, 1.54) is 0 Å². The summed E-state index contributed by atoms with van der Waals surface area (Å²) in [6, 6.07) is 11.7. The quantitative estimate of drug-likeness (QED) is 0.916. The largest absolute Gasteiger partial charge is 0.325 e. The number of nitrogens with one attached hydrogen (secondary N) is 1. The van der Waals surface area contributed by atoms with Crippen molar-refractivity contribution in [2.24, 2.45) is 0 Å². The molecule has 126 valence electrons. The van der Waals surface area contributed by atoms with Gasteiger partial charge in [-0.1, -0.05) is 23.7 Å². The molecule has 1 aromatic carbocycles. The number of carbonyl (C=O) groups excluding carboxylic acids is 1. The number of aryl methyl sites for hydroxylation is 1. The Hall–Kier alpha value is -1.91. The number of pyridine rings is 1. The summed E-state index contributed by atoms with van der Waals surface area (Å²) < 4.78 is 0. The molecule has 1 aliphatic heterocycles. The van der Waals surface area contributed by atoms with Crippen molar-refractivity contribution in [1.29, 1.82) is 0 Å². The van der Waals surface area contributed by atoms with E-state index in [2.05, 4.69) is 21.3 Å².